The highest BCUT2D eigenvalue weighted by Crippen LogP contribution is 2.54. The van der Waals surface area contributed by atoms with Crippen molar-refractivity contribution in [2.75, 3.05) is 0 Å². The first-order chi connectivity index (χ1) is 26.3. The van der Waals surface area contributed by atoms with Gasteiger partial charge >= 0.3 is 0 Å². The SMILES string of the molecule is CC1(C)c2ccccc2-c2cc(-c3ccc(-c4nc(-c5ccc(-c6ccccc6)cc5)nc(-c5ccc(-c6ccccc6)nc5)n4)cc3)ccc2C1(C)C. The van der Waals surface area contributed by atoms with Gasteiger partial charge in [0.15, 0.2) is 17.5 Å². The molecule has 1 aliphatic carbocycles. The van der Waals surface area contributed by atoms with E-state index >= 15 is 0 Å². The van der Waals surface area contributed by atoms with Crippen molar-refractivity contribution in [2.24, 2.45) is 0 Å². The molecule has 0 saturated heterocycles. The molecule has 0 amide bonds. The van der Waals surface area contributed by atoms with Gasteiger partial charge in [-0.05, 0) is 73.5 Å². The molecular weight excluding hydrogens is 657 g/mol. The summed E-state index contributed by atoms with van der Waals surface area (Å²) >= 11 is 0. The zero-order valence-electron chi connectivity index (χ0n) is 31.0. The number of aromatic nitrogens is 4. The molecule has 0 atom stereocenters. The number of hydrogen-bond acceptors (Lipinski definition) is 4. The third kappa shape index (κ3) is 5.81. The van der Waals surface area contributed by atoms with Gasteiger partial charge in [0.25, 0.3) is 0 Å². The lowest BCUT2D eigenvalue weighted by Gasteiger charge is -2.48. The highest BCUT2D eigenvalue weighted by Gasteiger charge is 2.45. The molecule has 9 rings (SSSR count). The van der Waals surface area contributed by atoms with Crippen LogP contribution in [0.1, 0.15) is 38.8 Å². The Kier molecular flexibility index (Phi) is 8.12. The van der Waals surface area contributed by atoms with E-state index in [1.54, 1.807) is 0 Å². The second kappa shape index (κ2) is 13.2. The van der Waals surface area contributed by atoms with Crippen molar-refractivity contribution in [3.8, 4) is 78.8 Å². The van der Waals surface area contributed by atoms with E-state index < -0.39 is 0 Å². The largest absolute Gasteiger partial charge is 0.255 e. The Morgan fingerprint density at radius 3 is 1.33 bits per heavy atom. The summed E-state index contributed by atoms with van der Waals surface area (Å²) in [7, 11) is 0. The maximum absolute atomic E-state index is 5.04. The fraction of sp³-hybridized carbons (Fsp3) is 0.120. The van der Waals surface area contributed by atoms with Gasteiger partial charge in [-0.2, -0.15) is 0 Å². The van der Waals surface area contributed by atoms with Crippen LogP contribution < -0.4 is 0 Å². The third-order valence-electron chi connectivity index (χ3n) is 11.6. The van der Waals surface area contributed by atoms with E-state index in [2.05, 4.69) is 155 Å². The summed E-state index contributed by atoms with van der Waals surface area (Å²) in [4.78, 5) is 19.8. The zero-order chi connectivity index (χ0) is 36.9. The Balaban J connectivity index is 1.09. The van der Waals surface area contributed by atoms with E-state index in [9.17, 15) is 0 Å². The van der Waals surface area contributed by atoms with E-state index in [1.165, 1.54) is 33.4 Å². The van der Waals surface area contributed by atoms with Gasteiger partial charge in [-0.3, -0.25) is 4.98 Å². The summed E-state index contributed by atoms with van der Waals surface area (Å²) in [5, 5.41) is 0. The molecule has 2 heterocycles. The average molecular weight is 697 g/mol. The van der Waals surface area contributed by atoms with Crippen LogP contribution in [0.15, 0.2) is 170 Å². The highest BCUT2D eigenvalue weighted by molar-refractivity contribution is 5.82. The van der Waals surface area contributed by atoms with Gasteiger partial charge in [-0.15, -0.1) is 0 Å². The van der Waals surface area contributed by atoms with E-state index in [0.717, 1.165) is 39.1 Å². The molecule has 0 N–H and O–H groups in total. The van der Waals surface area contributed by atoms with Crippen LogP contribution in [-0.4, -0.2) is 19.9 Å². The molecule has 0 spiro atoms. The Bertz CT molecular complexity index is 2510. The first-order valence-corrected chi connectivity index (χ1v) is 18.6. The van der Waals surface area contributed by atoms with Crippen molar-refractivity contribution in [2.45, 2.75) is 38.5 Å². The summed E-state index contributed by atoms with van der Waals surface area (Å²) in [5.74, 6) is 1.81. The van der Waals surface area contributed by atoms with Crippen molar-refractivity contribution in [1.29, 1.82) is 0 Å². The smallest absolute Gasteiger partial charge is 0.165 e. The molecule has 2 aromatic heterocycles. The minimum atomic E-state index is -0.0214. The monoisotopic (exact) mass is 696 g/mol. The molecule has 4 nitrogen and oxygen atoms in total. The first kappa shape index (κ1) is 33.3. The van der Waals surface area contributed by atoms with Gasteiger partial charge in [-0.1, -0.05) is 173 Å². The predicted molar refractivity (Wildman–Crippen MR) is 222 cm³/mol. The summed E-state index contributed by atoms with van der Waals surface area (Å²) in [5.41, 5.74) is 14.7. The van der Waals surface area contributed by atoms with E-state index in [4.69, 9.17) is 19.9 Å². The van der Waals surface area contributed by atoms with Gasteiger partial charge in [-0.25, -0.2) is 15.0 Å². The molecule has 8 aromatic rings. The zero-order valence-corrected chi connectivity index (χ0v) is 31.0. The Morgan fingerprint density at radius 1 is 0.333 bits per heavy atom. The van der Waals surface area contributed by atoms with Gasteiger partial charge in [0.1, 0.15) is 0 Å². The van der Waals surface area contributed by atoms with Crippen molar-refractivity contribution in [3.63, 3.8) is 0 Å². The summed E-state index contributed by atoms with van der Waals surface area (Å²) in [6.45, 7) is 9.49. The van der Waals surface area contributed by atoms with Crippen molar-refractivity contribution >= 4 is 0 Å². The lowest BCUT2D eigenvalue weighted by Crippen LogP contribution is -2.43. The van der Waals surface area contributed by atoms with Crippen molar-refractivity contribution < 1.29 is 0 Å². The minimum Gasteiger partial charge on any atom is -0.255 e. The quantitative estimate of drug-likeness (QED) is 0.174. The Morgan fingerprint density at radius 2 is 0.759 bits per heavy atom. The molecule has 0 radical (unpaired) electrons. The van der Waals surface area contributed by atoms with Crippen molar-refractivity contribution in [3.05, 3.63) is 181 Å². The molecule has 0 aliphatic heterocycles. The average Bonchev–Trinajstić information content (AvgIpc) is 3.23. The van der Waals surface area contributed by atoms with E-state index in [0.29, 0.717) is 17.5 Å². The lowest BCUT2D eigenvalue weighted by atomic mass is 9.55. The standard InChI is InChI=1S/C50H40N4/c1-49(2)43-18-12-11-17-41(43)42-31-39(27-29-44(42)50(49,3)4)35-21-25-38(26-22-35)47-52-46(37-23-19-34(20-24-37)33-13-7-5-8-14-33)53-48(54-47)40-28-30-45(51-32-40)36-15-9-6-10-16-36/h5-32H,1-4H3. The molecule has 1 aliphatic rings. The van der Waals surface area contributed by atoms with Crippen LogP contribution in [0.3, 0.4) is 0 Å². The fourth-order valence-corrected chi connectivity index (χ4v) is 7.75. The van der Waals surface area contributed by atoms with Crippen LogP contribution >= 0.6 is 0 Å². The van der Waals surface area contributed by atoms with E-state index in [1.807, 2.05) is 42.6 Å². The second-order valence-corrected chi connectivity index (χ2v) is 15.2. The van der Waals surface area contributed by atoms with Crippen LogP contribution in [0.5, 0.6) is 0 Å². The van der Waals surface area contributed by atoms with Gasteiger partial charge in [0, 0.05) is 28.5 Å². The first-order valence-electron chi connectivity index (χ1n) is 18.6. The second-order valence-electron chi connectivity index (χ2n) is 15.2. The molecule has 0 unspecified atom stereocenters. The molecule has 0 saturated carbocycles. The number of fused-ring (bicyclic) bond motifs is 3. The van der Waals surface area contributed by atoms with Crippen LogP contribution in [0, 0.1) is 0 Å². The third-order valence-corrected chi connectivity index (χ3v) is 11.6. The lowest BCUT2D eigenvalue weighted by molar-refractivity contribution is 0.299. The summed E-state index contributed by atoms with van der Waals surface area (Å²) in [6, 6.07) is 57.5. The van der Waals surface area contributed by atoms with Gasteiger partial charge < -0.3 is 0 Å². The van der Waals surface area contributed by atoms with Crippen molar-refractivity contribution in [1.82, 2.24) is 19.9 Å². The molecule has 4 heteroatoms. The maximum atomic E-state index is 5.04. The topological polar surface area (TPSA) is 51.6 Å². The molecule has 54 heavy (non-hydrogen) atoms. The fourth-order valence-electron chi connectivity index (χ4n) is 7.75. The number of hydrogen-bond donors (Lipinski definition) is 0. The van der Waals surface area contributed by atoms with Crippen LogP contribution in [0.2, 0.25) is 0 Å². The molecule has 0 fully saturated rings. The number of nitrogens with zero attached hydrogens (tertiary/aromatic N) is 4. The minimum absolute atomic E-state index is 0.00589. The van der Waals surface area contributed by atoms with E-state index in [-0.39, 0.29) is 10.8 Å². The molecule has 260 valence electrons. The van der Waals surface area contributed by atoms with Crippen LogP contribution in [0.25, 0.3) is 78.8 Å². The van der Waals surface area contributed by atoms with Gasteiger partial charge in [0.2, 0.25) is 0 Å². The number of rotatable bonds is 6. The summed E-state index contributed by atoms with van der Waals surface area (Å²) < 4.78 is 0. The molecule has 6 aromatic carbocycles. The Hall–Kier alpha value is -6.52. The molecular formula is C50H40N4. The number of benzene rings is 6. The highest BCUT2D eigenvalue weighted by atomic mass is 15.0. The van der Waals surface area contributed by atoms with Crippen LogP contribution in [0.4, 0.5) is 0 Å². The Labute approximate surface area is 317 Å². The normalized spacial score (nSPS) is 13.9. The predicted octanol–water partition coefficient (Wildman–Crippen LogP) is 12.5. The van der Waals surface area contributed by atoms with Gasteiger partial charge in [0.05, 0.1) is 5.69 Å². The maximum Gasteiger partial charge on any atom is 0.165 e. The molecule has 0 bridgehead atoms. The van der Waals surface area contributed by atoms with Crippen LogP contribution in [-0.2, 0) is 10.8 Å². The number of pyridine rings is 1. The summed E-state index contributed by atoms with van der Waals surface area (Å²) in [6.07, 6.45) is 1.85.